The summed E-state index contributed by atoms with van der Waals surface area (Å²) < 4.78 is 7.77. The van der Waals surface area contributed by atoms with Crippen molar-refractivity contribution < 1.29 is 9.53 Å². The van der Waals surface area contributed by atoms with Crippen molar-refractivity contribution in [1.82, 2.24) is 14.9 Å². The number of ether oxygens (including phenoxy) is 1. The smallest absolute Gasteiger partial charge is 0.297 e. The SMILES string of the molecule is CCCCCOc1ccccc1C1(Nc2nccn(-c3cc(C(=O)NC4CC4)ccc3C)c2=O)CCC1. The monoisotopic (exact) mass is 500 g/mol. The average Bonchev–Trinajstić information content (AvgIpc) is 3.70. The van der Waals surface area contributed by atoms with E-state index >= 15 is 0 Å². The Morgan fingerprint density at radius 3 is 2.70 bits per heavy atom. The van der Waals surface area contributed by atoms with E-state index in [1.165, 1.54) is 0 Å². The van der Waals surface area contributed by atoms with E-state index < -0.39 is 5.54 Å². The molecule has 194 valence electrons. The molecule has 2 aromatic carbocycles. The van der Waals surface area contributed by atoms with Crippen molar-refractivity contribution in [2.45, 2.75) is 76.8 Å². The Kier molecular flexibility index (Phi) is 7.31. The van der Waals surface area contributed by atoms with Gasteiger partial charge in [-0.25, -0.2) is 4.98 Å². The van der Waals surface area contributed by atoms with Gasteiger partial charge in [0.15, 0.2) is 5.82 Å². The summed E-state index contributed by atoms with van der Waals surface area (Å²) in [6.45, 7) is 4.81. The zero-order valence-electron chi connectivity index (χ0n) is 21.8. The van der Waals surface area contributed by atoms with Crippen molar-refractivity contribution in [3.63, 3.8) is 0 Å². The molecular formula is C30H36N4O3. The minimum absolute atomic E-state index is 0.104. The van der Waals surface area contributed by atoms with Gasteiger partial charge < -0.3 is 15.4 Å². The second-order valence-electron chi connectivity index (χ2n) is 10.3. The maximum Gasteiger partial charge on any atom is 0.297 e. The van der Waals surface area contributed by atoms with Gasteiger partial charge in [0.1, 0.15) is 5.75 Å². The first-order chi connectivity index (χ1) is 18.0. The van der Waals surface area contributed by atoms with Gasteiger partial charge in [-0.05, 0) is 69.2 Å². The number of nitrogens with zero attached hydrogens (tertiary/aromatic N) is 2. The van der Waals surface area contributed by atoms with Crippen molar-refractivity contribution in [1.29, 1.82) is 0 Å². The molecule has 1 heterocycles. The van der Waals surface area contributed by atoms with Crippen molar-refractivity contribution in [2.24, 2.45) is 0 Å². The highest BCUT2D eigenvalue weighted by molar-refractivity contribution is 5.95. The first-order valence-electron chi connectivity index (χ1n) is 13.5. The molecule has 5 rings (SSSR count). The van der Waals surface area contributed by atoms with Crippen LogP contribution in [0, 0.1) is 6.92 Å². The summed E-state index contributed by atoms with van der Waals surface area (Å²) in [5.74, 6) is 1.07. The molecule has 2 fully saturated rings. The Morgan fingerprint density at radius 1 is 1.16 bits per heavy atom. The molecule has 2 saturated carbocycles. The number of para-hydroxylation sites is 1. The molecule has 7 heteroatoms. The summed E-state index contributed by atoms with van der Waals surface area (Å²) in [5.41, 5.74) is 2.58. The molecular weight excluding hydrogens is 464 g/mol. The Bertz CT molecular complexity index is 1320. The fourth-order valence-corrected chi connectivity index (χ4v) is 4.93. The van der Waals surface area contributed by atoms with Gasteiger partial charge in [-0.2, -0.15) is 0 Å². The molecule has 2 aliphatic carbocycles. The predicted octanol–water partition coefficient (Wildman–Crippen LogP) is 5.49. The third kappa shape index (κ3) is 5.41. The minimum Gasteiger partial charge on any atom is -0.493 e. The van der Waals surface area contributed by atoms with E-state index in [0.29, 0.717) is 23.7 Å². The van der Waals surface area contributed by atoms with Crippen LogP contribution >= 0.6 is 0 Å². The van der Waals surface area contributed by atoms with Gasteiger partial charge in [-0.15, -0.1) is 0 Å². The Balaban J connectivity index is 1.43. The van der Waals surface area contributed by atoms with Crippen LogP contribution in [0.15, 0.2) is 59.7 Å². The van der Waals surface area contributed by atoms with Crippen LogP contribution in [0.4, 0.5) is 5.82 Å². The maximum atomic E-state index is 13.7. The van der Waals surface area contributed by atoms with Crippen molar-refractivity contribution in [3.05, 3.63) is 81.9 Å². The molecule has 37 heavy (non-hydrogen) atoms. The molecule has 1 aromatic heterocycles. The third-order valence-corrected chi connectivity index (χ3v) is 7.46. The topological polar surface area (TPSA) is 85.2 Å². The van der Waals surface area contributed by atoms with Gasteiger partial charge >= 0.3 is 0 Å². The van der Waals surface area contributed by atoms with E-state index in [0.717, 1.165) is 68.2 Å². The Hall–Kier alpha value is -3.61. The lowest BCUT2D eigenvalue weighted by Gasteiger charge is -2.44. The van der Waals surface area contributed by atoms with E-state index in [2.05, 4.69) is 28.6 Å². The van der Waals surface area contributed by atoms with Crippen LogP contribution in [0.2, 0.25) is 0 Å². The number of carbonyl (C=O) groups is 1. The Morgan fingerprint density at radius 2 is 1.97 bits per heavy atom. The molecule has 0 aliphatic heterocycles. The zero-order valence-corrected chi connectivity index (χ0v) is 21.8. The van der Waals surface area contributed by atoms with E-state index in [-0.39, 0.29) is 17.5 Å². The van der Waals surface area contributed by atoms with E-state index in [1.54, 1.807) is 23.0 Å². The largest absolute Gasteiger partial charge is 0.493 e. The lowest BCUT2D eigenvalue weighted by Crippen LogP contribution is -2.44. The third-order valence-electron chi connectivity index (χ3n) is 7.46. The predicted molar refractivity (Wildman–Crippen MR) is 146 cm³/mol. The number of amides is 1. The van der Waals surface area contributed by atoms with Gasteiger partial charge in [-0.3, -0.25) is 14.2 Å². The first kappa shape index (κ1) is 25.1. The number of anilines is 1. The van der Waals surface area contributed by atoms with E-state index in [9.17, 15) is 9.59 Å². The van der Waals surface area contributed by atoms with Crippen LogP contribution in [0.3, 0.4) is 0 Å². The van der Waals surface area contributed by atoms with Gasteiger partial charge in [0.2, 0.25) is 0 Å². The zero-order chi connectivity index (χ0) is 25.8. The summed E-state index contributed by atoms with van der Waals surface area (Å²) in [5, 5.41) is 6.54. The highest BCUT2D eigenvalue weighted by Gasteiger charge is 2.41. The number of aromatic nitrogens is 2. The second kappa shape index (κ2) is 10.8. The number of rotatable bonds is 11. The molecule has 0 saturated heterocycles. The molecule has 2 aliphatic rings. The summed E-state index contributed by atoms with van der Waals surface area (Å²) in [6.07, 6.45) is 11.5. The van der Waals surface area contributed by atoms with Crippen LogP contribution in [0.5, 0.6) is 5.75 Å². The van der Waals surface area contributed by atoms with Gasteiger partial charge in [0.25, 0.3) is 11.5 Å². The molecule has 0 spiro atoms. The Labute approximate surface area is 218 Å². The standard InChI is InChI=1S/C30H36N4O3/c1-3-4-7-19-37-26-10-6-5-9-24(26)30(15-8-16-30)33-27-29(36)34(18-17-31-27)25-20-22(12-11-21(25)2)28(35)32-23-13-14-23/h5-6,9-12,17-18,20,23H,3-4,7-8,13-16,19H2,1-2H3,(H,31,33)(H,32,35). The molecule has 3 aromatic rings. The number of carbonyl (C=O) groups excluding carboxylic acids is 1. The normalized spacial score (nSPS) is 16.1. The number of hydrogen-bond acceptors (Lipinski definition) is 5. The lowest BCUT2D eigenvalue weighted by atomic mass is 9.71. The summed E-state index contributed by atoms with van der Waals surface area (Å²) in [7, 11) is 0. The van der Waals surface area contributed by atoms with E-state index in [4.69, 9.17) is 4.74 Å². The van der Waals surface area contributed by atoms with Crippen molar-refractivity contribution in [3.8, 4) is 11.4 Å². The molecule has 0 bridgehead atoms. The number of benzene rings is 2. The number of unbranched alkanes of at least 4 members (excludes halogenated alkanes) is 2. The molecule has 0 radical (unpaired) electrons. The van der Waals surface area contributed by atoms with Gasteiger partial charge in [0, 0.05) is 29.6 Å². The molecule has 1 amide bonds. The molecule has 0 unspecified atom stereocenters. The van der Waals surface area contributed by atoms with Crippen molar-refractivity contribution in [2.75, 3.05) is 11.9 Å². The molecule has 7 nitrogen and oxygen atoms in total. The lowest BCUT2D eigenvalue weighted by molar-refractivity contribution is 0.0951. The second-order valence-corrected chi connectivity index (χ2v) is 10.3. The van der Waals surface area contributed by atoms with Crippen molar-refractivity contribution >= 4 is 11.7 Å². The summed E-state index contributed by atoms with van der Waals surface area (Å²) in [6, 6.07) is 13.9. The fraction of sp³-hybridized carbons (Fsp3) is 0.433. The van der Waals surface area contributed by atoms with E-state index in [1.807, 2.05) is 37.3 Å². The first-order valence-corrected chi connectivity index (χ1v) is 13.5. The maximum absolute atomic E-state index is 13.7. The fourth-order valence-electron chi connectivity index (χ4n) is 4.93. The number of aryl methyl sites for hydroxylation is 1. The molecule has 2 N–H and O–H groups in total. The van der Waals surface area contributed by atoms with Crippen LogP contribution in [-0.4, -0.2) is 28.1 Å². The highest BCUT2D eigenvalue weighted by atomic mass is 16.5. The van der Waals surface area contributed by atoms with Crippen LogP contribution < -0.4 is 20.9 Å². The van der Waals surface area contributed by atoms with Crippen LogP contribution in [0.25, 0.3) is 5.69 Å². The van der Waals surface area contributed by atoms with Crippen LogP contribution in [-0.2, 0) is 5.54 Å². The summed E-state index contributed by atoms with van der Waals surface area (Å²) >= 11 is 0. The highest BCUT2D eigenvalue weighted by Crippen LogP contribution is 2.46. The number of nitrogens with one attached hydrogen (secondary N) is 2. The van der Waals surface area contributed by atoms with Gasteiger partial charge in [0.05, 0.1) is 17.8 Å². The summed E-state index contributed by atoms with van der Waals surface area (Å²) in [4.78, 5) is 30.8. The van der Waals surface area contributed by atoms with Gasteiger partial charge in [-0.1, -0.05) is 44.0 Å². The van der Waals surface area contributed by atoms with Crippen LogP contribution in [0.1, 0.15) is 79.8 Å². The minimum atomic E-state index is -0.395. The average molecular weight is 501 g/mol. The quantitative estimate of drug-likeness (QED) is 0.340. The molecule has 0 atom stereocenters. The number of hydrogen-bond donors (Lipinski definition) is 2.